The maximum Gasteiger partial charge on any atom is 0.249 e. The van der Waals surface area contributed by atoms with Crippen LogP contribution in [0.15, 0.2) is 23.1 Å². The molecule has 1 aliphatic rings. The van der Waals surface area contributed by atoms with Crippen LogP contribution in [0.3, 0.4) is 0 Å². The van der Waals surface area contributed by atoms with E-state index in [-0.39, 0.29) is 24.0 Å². The number of hydrogen-bond donors (Lipinski definition) is 2. The molecule has 112 valence electrons. The number of imide groups is 1. The molecule has 21 heavy (non-hydrogen) atoms. The van der Waals surface area contributed by atoms with Crippen LogP contribution in [-0.4, -0.2) is 29.5 Å². The number of amides is 3. The summed E-state index contributed by atoms with van der Waals surface area (Å²) in [6.45, 7) is 4.01. The quantitative estimate of drug-likeness (QED) is 0.650. The first-order chi connectivity index (χ1) is 9.95. The first-order valence-electron chi connectivity index (χ1n) is 6.79. The van der Waals surface area contributed by atoms with Gasteiger partial charge in [-0.3, -0.25) is 19.7 Å². The van der Waals surface area contributed by atoms with Gasteiger partial charge in [0.2, 0.25) is 17.7 Å². The molecule has 0 radical (unpaired) electrons. The summed E-state index contributed by atoms with van der Waals surface area (Å²) in [5, 5.41) is 4.90. The Balaban J connectivity index is 1.86. The van der Waals surface area contributed by atoms with Gasteiger partial charge in [0.1, 0.15) is 6.04 Å². The molecule has 0 saturated carbocycles. The van der Waals surface area contributed by atoms with E-state index in [4.69, 9.17) is 0 Å². The zero-order valence-electron chi connectivity index (χ0n) is 12.1. The maximum atomic E-state index is 11.9. The highest BCUT2D eigenvalue weighted by Gasteiger charge is 2.27. The number of nitrogens with one attached hydrogen (secondary N) is 2. The summed E-state index contributed by atoms with van der Waals surface area (Å²) in [5.41, 5.74) is 2.27. The predicted octanol–water partition coefficient (Wildman–Crippen LogP) is 1.32. The molecule has 0 spiro atoms. The molecule has 1 aromatic rings. The molecule has 1 unspecified atom stereocenters. The number of hydrogen-bond acceptors (Lipinski definition) is 4. The first-order valence-corrected chi connectivity index (χ1v) is 7.77. The number of benzene rings is 1. The minimum Gasteiger partial charge on any atom is -0.344 e. The Labute approximate surface area is 127 Å². The third-order valence-corrected chi connectivity index (χ3v) is 4.43. The number of carbonyl (C=O) groups excluding carboxylic acids is 3. The number of aryl methyl sites for hydroxylation is 2. The standard InChI is InChI=1S/C15H18N2O3S/c1-9-3-4-10(2)12(7-9)21-8-14(19)16-11-5-6-13(18)17-15(11)20/h3-4,7,11H,5-6,8H2,1-2H3,(H,16,19)(H,17,18,20). The minimum absolute atomic E-state index is 0.199. The Kier molecular flexibility index (Phi) is 5.01. The zero-order valence-corrected chi connectivity index (χ0v) is 12.9. The second-order valence-electron chi connectivity index (χ2n) is 5.13. The second kappa shape index (κ2) is 6.76. The van der Waals surface area contributed by atoms with Crippen LogP contribution < -0.4 is 10.6 Å². The van der Waals surface area contributed by atoms with E-state index in [1.165, 1.54) is 11.8 Å². The summed E-state index contributed by atoms with van der Waals surface area (Å²) in [6.07, 6.45) is 0.630. The summed E-state index contributed by atoms with van der Waals surface area (Å²) in [4.78, 5) is 35.6. The second-order valence-corrected chi connectivity index (χ2v) is 6.15. The Morgan fingerprint density at radius 3 is 2.86 bits per heavy atom. The first kappa shape index (κ1) is 15.6. The van der Waals surface area contributed by atoms with Gasteiger partial charge < -0.3 is 5.32 Å². The van der Waals surface area contributed by atoms with Crippen molar-refractivity contribution in [2.45, 2.75) is 37.6 Å². The van der Waals surface area contributed by atoms with E-state index in [9.17, 15) is 14.4 Å². The maximum absolute atomic E-state index is 11.9. The molecular formula is C15H18N2O3S. The van der Waals surface area contributed by atoms with Gasteiger partial charge in [-0.05, 0) is 31.9 Å². The lowest BCUT2D eigenvalue weighted by molar-refractivity contribution is -0.136. The summed E-state index contributed by atoms with van der Waals surface area (Å²) in [6, 6.07) is 5.49. The third-order valence-electron chi connectivity index (χ3n) is 3.28. The summed E-state index contributed by atoms with van der Waals surface area (Å²) >= 11 is 1.45. The van der Waals surface area contributed by atoms with Gasteiger partial charge in [-0.15, -0.1) is 11.8 Å². The molecule has 6 heteroatoms. The molecule has 2 N–H and O–H groups in total. The largest absolute Gasteiger partial charge is 0.344 e. The topological polar surface area (TPSA) is 75.3 Å². The fourth-order valence-corrected chi connectivity index (χ4v) is 3.01. The average Bonchev–Trinajstić information content (AvgIpc) is 2.43. The van der Waals surface area contributed by atoms with E-state index in [0.29, 0.717) is 6.42 Å². The highest BCUT2D eigenvalue weighted by atomic mass is 32.2. The van der Waals surface area contributed by atoms with Crippen LogP contribution in [0.4, 0.5) is 0 Å². The van der Waals surface area contributed by atoms with E-state index < -0.39 is 11.9 Å². The normalized spacial score (nSPS) is 18.3. The molecule has 1 atom stereocenters. The van der Waals surface area contributed by atoms with E-state index in [2.05, 4.69) is 10.6 Å². The van der Waals surface area contributed by atoms with Crippen molar-refractivity contribution < 1.29 is 14.4 Å². The van der Waals surface area contributed by atoms with Crippen LogP contribution in [0.5, 0.6) is 0 Å². The van der Waals surface area contributed by atoms with Gasteiger partial charge in [0.25, 0.3) is 0 Å². The van der Waals surface area contributed by atoms with Crippen molar-refractivity contribution in [1.82, 2.24) is 10.6 Å². The molecule has 2 rings (SSSR count). The van der Waals surface area contributed by atoms with Gasteiger partial charge in [0.05, 0.1) is 5.75 Å². The van der Waals surface area contributed by atoms with Crippen molar-refractivity contribution in [3.8, 4) is 0 Å². The van der Waals surface area contributed by atoms with Crippen molar-refractivity contribution in [1.29, 1.82) is 0 Å². The zero-order chi connectivity index (χ0) is 15.4. The van der Waals surface area contributed by atoms with Crippen LogP contribution in [0, 0.1) is 13.8 Å². The van der Waals surface area contributed by atoms with E-state index in [1.807, 2.05) is 32.0 Å². The number of carbonyl (C=O) groups is 3. The van der Waals surface area contributed by atoms with Crippen LogP contribution >= 0.6 is 11.8 Å². The molecule has 1 heterocycles. The summed E-state index contributed by atoms with van der Waals surface area (Å²) in [5.74, 6) is -0.649. The molecule has 1 fully saturated rings. The Bertz CT molecular complexity index is 586. The highest BCUT2D eigenvalue weighted by molar-refractivity contribution is 8.00. The van der Waals surface area contributed by atoms with Crippen LogP contribution in [0.25, 0.3) is 0 Å². The van der Waals surface area contributed by atoms with Crippen molar-refractivity contribution in [3.05, 3.63) is 29.3 Å². The van der Waals surface area contributed by atoms with Crippen molar-refractivity contribution in [2.24, 2.45) is 0 Å². The van der Waals surface area contributed by atoms with Gasteiger partial charge in [-0.2, -0.15) is 0 Å². The highest BCUT2D eigenvalue weighted by Crippen LogP contribution is 2.23. The summed E-state index contributed by atoms with van der Waals surface area (Å²) < 4.78 is 0. The fourth-order valence-electron chi connectivity index (χ4n) is 2.07. The number of piperidine rings is 1. The van der Waals surface area contributed by atoms with Gasteiger partial charge in [-0.1, -0.05) is 17.7 Å². The van der Waals surface area contributed by atoms with Gasteiger partial charge in [0.15, 0.2) is 0 Å². The van der Waals surface area contributed by atoms with Crippen LogP contribution in [0.2, 0.25) is 0 Å². The van der Waals surface area contributed by atoms with Crippen LogP contribution in [-0.2, 0) is 14.4 Å². The fraction of sp³-hybridized carbons (Fsp3) is 0.400. The lowest BCUT2D eigenvalue weighted by atomic mass is 10.1. The van der Waals surface area contributed by atoms with Crippen molar-refractivity contribution >= 4 is 29.5 Å². The van der Waals surface area contributed by atoms with E-state index >= 15 is 0 Å². The van der Waals surface area contributed by atoms with Crippen molar-refractivity contribution in [3.63, 3.8) is 0 Å². The van der Waals surface area contributed by atoms with Crippen LogP contribution in [0.1, 0.15) is 24.0 Å². The Morgan fingerprint density at radius 2 is 2.14 bits per heavy atom. The Morgan fingerprint density at radius 1 is 1.38 bits per heavy atom. The molecule has 5 nitrogen and oxygen atoms in total. The molecular weight excluding hydrogens is 288 g/mol. The van der Waals surface area contributed by atoms with Crippen molar-refractivity contribution in [2.75, 3.05) is 5.75 Å². The van der Waals surface area contributed by atoms with E-state index in [1.54, 1.807) is 0 Å². The number of rotatable bonds is 4. The third kappa shape index (κ3) is 4.32. The molecule has 0 aliphatic carbocycles. The number of thioether (sulfide) groups is 1. The predicted molar refractivity (Wildman–Crippen MR) is 81.0 cm³/mol. The molecule has 1 saturated heterocycles. The molecule has 3 amide bonds. The van der Waals surface area contributed by atoms with Gasteiger partial charge in [0, 0.05) is 11.3 Å². The van der Waals surface area contributed by atoms with Gasteiger partial charge in [-0.25, -0.2) is 0 Å². The lowest BCUT2D eigenvalue weighted by Crippen LogP contribution is -2.52. The lowest BCUT2D eigenvalue weighted by Gasteiger charge is -2.21. The smallest absolute Gasteiger partial charge is 0.249 e. The molecule has 1 aliphatic heterocycles. The monoisotopic (exact) mass is 306 g/mol. The minimum atomic E-state index is -0.602. The van der Waals surface area contributed by atoms with Gasteiger partial charge >= 0.3 is 0 Å². The SMILES string of the molecule is Cc1ccc(C)c(SCC(=O)NC2CCC(=O)NC2=O)c1. The summed E-state index contributed by atoms with van der Waals surface area (Å²) in [7, 11) is 0. The average molecular weight is 306 g/mol. The molecule has 0 bridgehead atoms. The molecule has 1 aromatic carbocycles. The Hall–Kier alpha value is -1.82. The van der Waals surface area contributed by atoms with E-state index in [0.717, 1.165) is 16.0 Å². The molecule has 0 aromatic heterocycles.